The lowest BCUT2D eigenvalue weighted by Crippen LogP contribution is -2.20. The van der Waals surface area contributed by atoms with Crippen LogP contribution in [0.15, 0.2) is 22.8 Å². The zero-order valence-corrected chi connectivity index (χ0v) is 11.1. The van der Waals surface area contributed by atoms with Crippen molar-refractivity contribution in [2.75, 3.05) is 0 Å². The molecule has 0 aliphatic heterocycles. The van der Waals surface area contributed by atoms with E-state index in [9.17, 15) is 0 Å². The molecule has 0 atom stereocenters. The van der Waals surface area contributed by atoms with Crippen LogP contribution in [-0.4, -0.2) is 0 Å². The highest BCUT2D eigenvalue weighted by Gasteiger charge is 2.27. The summed E-state index contributed by atoms with van der Waals surface area (Å²) >= 11 is 0. The fourth-order valence-electron chi connectivity index (χ4n) is 2.69. The minimum Gasteiger partial charge on any atom is -0.0887 e. The SMILES string of the molecule is C/C=C(\C)CCC1=C(C)CCCC1(C)C. The Morgan fingerprint density at radius 1 is 1.40 bits per heavy atom. The van der Waals surface area contributed by atoms with Crippen molar-refractivity contribution >= 4 is 0 Å². The number of rotatable bonds is 3. The smallest absolute Gasteiger partial charge is 0.0142 e. The largest absolute Gasteiger partial charge is 0.0887 e. The average molecular weight is 206 g/mol. The molecule has 0 bridgehead atoms. The molecule has 0 saturated carbocycles. The second-order valence-electron chi connectivity index (χ2n) is 5.63. The zero-order valence-electron chi connectivity index (χ0n) is 11.1. The topological polar surface area (TPSA) is 0 Å². The van der Waals surface area contributed by atoms with E-state index in [-0.39, 0.29) is 0 Å². The highest BCUT2D eigenvalue weighted by atomic mass is 14.3. The molecule has 1 rings (SSSR count). The Labute approximate surface area is 95.5 Å². The van der Waals surface area contributed by atoms with Crippen LogP contribution >= 0.6 is 0 Å². The van der Waals surface area contributed by atoms with Gasteiger partial charge in [-0.25, -0.2) is 0 Å². The quantitative estimate of drug-likeness (QED) is 0.553. The monoisotopic (exact) mass is 206 g/mol. The van der Waals surface area contributed by atoms with Crippen molar-refractivity contribution in [1.29, 1.82) is 0 Å². The van der Waals surface area contributed by atoms with Crippen LogP contribution < -0.4 is 0 Å². The molecule has 0 heteroatoms. The second kappa shape index (κ2) is 5.01. The van der Waals surface area contributed by atoms with Gasteiger partial charge in [0.05, 0.1) is 0 Å². The van der Waals surface area contributed by atoms with Gasteiger partial charge in [-0.3, -0.25) is 0 Å². The van der Waals surface area contributed by atoms with Crippen LogP contribution in [0.3, 0.4) is 0 Å². The molecule has 0 radical (unpaired) electrons. The zero-order chi connectivity index (χ0) is 11.5. The molecule has 15 heavy (non-hydrogen) atoms. The van der Waals surface area contributed by atoms with Gasteiger partial charge in [-0.15, -0.1) is 0 Å². The van der Waals surface area contributed by atoms with Gasteiger partial charge in [0.1, 0.15) is 0 Å². The van der Waals surface area contributed by atoms with Crippen molar-refractivity contribution in [2.24, 2.45) is 5.41 Å². The van der Waals surface area contributed by atoms with Gasteiger partial charge in [-0.05, 0) is 58.3 Å². The summed E-state index contributed by atoms with van der Waals surface area (Å²) in [5.74, 6) is 0. The Kier molecular flexibility index (Phi) is 4.19. The van der Waals surface area contributed by atoms with Gasteiger partial charge in [-0.1, -0.05) is 36.6 Å². The predicted molar refractivity (Wildman–Crippen MR) is 69.0 cm³/mol. The van der Waals surface area contributed by atoms with E-state index in [1.807, 2.05) is 0 Å². The molecule has 0 heterocycles. The summed E-state index contributed by atoms with van der Waals surface area (Å²) in [4.78, 5) is 0. The highest BCUT2D eigenvalue weighted by Crippen LogP contribution is 2.42. The van der Waals surface area contributed by atoms with Crippen LogP contribution in [0.25, 0.3) is 0 Å². The standard InChI is InChI=1S/C15H26/c1-6-12(2)9-10-14-13(3)8-7-11-15(14,4)5/h6H,7-11H2,1-5H3/b12-6+. The molecule has 0 aromatic carbocycles. The molecule has 0 amide bonds. The van der Waals surface area contributed by atoms with Crippen molar-refractivity contribution in [1.82, 2.24) is 0 Å². The first kappa shape index (κ1) is 12.5. The molecule has 0 aromatic rings. The Hall–Kier alpha value is -0.520. The number of allylic oxidation sites excluding steroid dienone is 4. The summed E-state index contributed by atoms with van der Waals surface area (Å²) in [6.45, 7) is 11.5. The van der Waals surface area contributed by atoms with Gasteiger partial charge in [0.15, 0.2) is 0 Å². The van der Waals surface area contributed by atoms with Crippen molar-refractivity contribution in [3.05, 3.63) is 22.8 Å². The lowest BCUT2D eigenvalue weighted by molar-refractivity contribution is 0.354. The molecule has 0 fully saturated rings. The summed E-state index contributed by atoms with van der Waals surface area (Å²) < 4.78 is 0. The maximum atomic E-state index is 2.41. The van der Waals surface area contributed by atoms with Crippen LogP contribution in [0.5, 0.6) is 0 Å². The Balaban J connectivity index is 2.72. The first-order chi connectivity index (χ1) is 6.97. The maximum Gasteiger partial charge on any atom is -0.0142 e. The van der Waals surface area contributed by atoms with E-state index < -0.39 is 0 Å². The number of hydrogen-bond donors (Lipinski definition) is 0. The van der Waals surface area contributed by atoms with Gasteiger partial charge < -0.3 is 0 Å². The Morgan fingerprint density at radius 2 is 2.07 bits per heavy atom. The maximum absolute atomic E-state index is 2.41. The van der Waals surface area contributed by atoms with Gasteiger partial charge in [0, 0.05) is 0 Å². The molecule has 0 N–H and O–H groups in total. The summed E-state index contributed by atoms with van der Waals surface area (Å²) in [5.41, 5.74) is 5.37. The molecule has 86 valence electrons. The van der Waals surface area contributed by atoms with Gasteiger partial charge in [0.2, 0.25) is 0 Å². The third-order valence-corrected chi connectivity index (χ3v) is 3.95. The first-order valence-corrected chi connectivity index (χ1v) is 6.28. The Morgan fingerprint density at radius 3 is 2.60 bits per heavy atom. The molecule has 0 unspecified atom stereocenters. The van der Waals surface area contributed by atoms with E-state index in [1.54, 1.807) is 11.1 Å². The summed E-state index contributed by atoms with van der Waals surface area (Å²) in [6.07, 6.45) is 8.83. The highest BCUT2D eigenvalue weighted by molar-refractivity contribution is 5.23. The summed E-state index contributed by atoms with van der Waals surface area (Å²) in [7, 11) is 0. The first-order valence-electron chi connectivity index (χ1n) is 6.28. The molecule has 0 spiro atoms. The fraction of sp³-hybridized carbons (Fsp3) is 0.733. The van der Waals surface area contributed by atoms with Gasteiger partial charge >= 0.3 is 0 Å². The van der Waals surface area contributed by atoms with E-state index >= 15 is 0 Å². The minimum absolute atomic E-state index is 0.455. The third-order valence-electron chi connectivity index (χ3n) is 3.95. The van der Waals surface area contributed by atoms with Crippen LogP contribution in [0, 0.1) is 5.41 Å². The predicted octanol–water partition coefficient (Wildman–Crippen LogP) is 5.26. The molecular weight excluding hydrogens is 180 g/mol. The average Bonchev–Trinajstić information content (AvgIpc) is 2.15. The van der Waals surface area contributed by atoms with Crippen LogP contribution in [0.4, 0.5) is 0 Å². The van der Waals surface area contributed by atoms with E-state index in [1.165, 1.54) is 37.7 Å². The van der Waals surface area contributed by atoms with E-state index in [0.29, 0.717) is 5.41 Å². The lowest BCUT2D eigenvalue weighted by atomic mass is 9.71. The van der Waals surface area contributed by atoms with E-state index in [0.717, 1.165) is 0 Å². The van der Waals surface area contributed by atoms with Crippen molar-refractivity contribution < 1.29 is 0 Å². The van der Waals surface area contributed by atoms with Crippen molar-refractivity contribution in [3.63, 3.8) is 0 Å². The summed E-state index contributed by atoms with van der Waals surface area (Å²) in [6, 6.07) is 0. The molecule has 0 aromatic heterocycles. The van der Waals surface area contributed by atoms with Crippen LogP contribution in [0.2, 0.25) is 0 Å². The van der Waals surface area contributed by atoms with Gasteiger partial charge in [0.25, 0.3) is 0 Å². The molecule has 1 aliphatic carbocycles. The van der Waals surface area contributed by atoms with Crippen molar-refractivity contribution in [2.45, 2.75) is 66.7 Å². The second-order valence-corrected chi connectivity index (χ2v) is 5.63. The normalized spacial score (nSPS) is 22.1. The third kappa shape index (κ3) is 3.22. The van der Waals surface area contributed by atoms with Crippen LogP contribution in [0.1, 0.15) is 66.7 Å². The van der Waals surface area contributed by atoms with Crippen molar-refractivity contribution in [3.8, 4) is 0 Å². The van der Waals surface area contributed by atoms with Crippen LogP contribution in [-0.2, 0) is 0 Å². The minimum atomic E-state index is 0.455. The fourth-order valence-corrected chi connectivity index (χ4v) is 2.69. The molecule has 0 nitrogen and oxygen atoms in total. The summed E-state index contributed by atoms with van der Waals surface area (Å²) in [5, 5.41) is 0. The van der Waals surface area contributed by atoms with E-state index in [2.05, 4.69) is 40.7 Å². The molecule has 1 aliphatic rings. The number of hydrogen-bond acceptors (Lipinski definition) is 0. The lowest BCUT2D eigenvalue weighted by Gasteiger charge is -2.34. The Bertz CT molecular complexity index is 276. The molecule has 0 saturated heterocycles. The molecular formula is C15H26. The van der Waals surface area contributed by atoms with Gasteiger partial charge in [-0.2, -0.15) is 0 Å². The van der Waals surface area contributed by atoms with E-state index in [4.69, 9.17) is 0 Å².